The van der Waals surface area contributed by atoms with Crippen LogP contribution in [0.2, 0.25) is 5.02 Å². The highest BCUT2D eigenvalue weighted by molar-refractivity contribution is 6.30. The Morgan fingerprint density at radius 3 is 2.45 bits per heavy atom. The van der Waals surface area contributed by atoms with E-state index < -0.39 is 5.82 Å². The number of halogens is 2. The van der Waals surface area contributed by atoms with E-state index >= 15 is 0 Å². The van der Waals surface area contributed by atoms with Crippen LogP contribution in [-0.2, 0) is 6.61 Å². The van der Waals surface area contributed by atoms with Crippen LogP contribution >= 0.6 is 11.6 Å². The highest BCUT2D eigenvalue weighted by Gasteiger charge is 2.06. The van der Waals surface area contributed by atoms with Crippen LogP contribution in [-0.4, -0.2) is 0 Å². The Labute approximate surface area is 132 Å². The molecular formula is C17H10ClFN2O. The van der Waals surface area contributed by atoms with Crippen LogP contribution in [0.25, 0.3) is 6.08 Å². The lowest BCUT2D eigenvalue weighted by Gasteiger charge is -2.08. The first-order valence-electron chi connectivity index (χ1n) is 6.31. The standard InChI is InChI=1S/C17H10ClFN2O/c18-16-3-1-2-14(17(16)19)11-22-15-6-4-12(5-7-15)8-13(9-20)10-21/h1-8H,11H2. The first kappa shape index (κ1) is 15.6. The van der Waals surface area contributed by atoms with Gasteiger partial charge in [-0.3, -0.25) is 0 Å². The summed E-state index contributed by atoms with van der Waals surface area (Å²) in [6, 6.07) is 15.1. The van der Waals surface area contributed by atoms with E-state index in [0.29, 0.717) is 16.9 Å². The van der Waals surface area contributed by atoms with Gasteiger partial charge in [-0.1, -0.05) is 35.9 Å². The van der Waals surface area contributed by atoms with Gasteiger partial charge in [-0.25, -0.2) is 4.39 Å². The smallest absolute Gasteiger partial charge is 0.148 e. The Morgan fingerprint density at radius 1 is 1.14 bits per heavy atom. The quantitative estimate of drug-likeness (QED) is 0.782. The molecule has 0 aliphatic carbocycles. The van der Waals surface area contributed by atoms with Gasteiger partial charge in [0.05, 0.1) is 5.02 Å². The Kier molecular flexibility index (Phi) is 5.14. The number of ether oxygens (including phenoxy) is 1. The van der Waals surface area contributed by atoms with Gasteiger partial charge >= 0.3 is 0 Å². The predicted octanol–water partition coefficient (Wildman–Crippen LogP) is 4.49. The van der Waals surface area contributed by atoms with Gasteiger partial charge in [0, 0.05) is 5.56 Å². The molecule has 0 saturated heterocycles. The Morgan fingerprint density at radius 2 is 1.82 bits per heavy atom. The lowest BCUT2D eigenvalue weighted by Crippen LogP contribution is -1.98. The van der Waals surface area contributed by atoms with E-state index in [-0.39, 0.29) is 17.2 Å². The van der Waals surface area contributed by atoms with Crippen molar-refractivity contribution in [2.75, 3.05) is 0 Å². The average Bonchev–Trinajstić information content (AvgIpc) is 2.55. The van der Waals surface area contributed by atoms with Crippen LogP contribution in [0.3, 0.4) is 0 Å². The molecule has 0 aliphatic rings. The number of hydrogen-bond acceptors (Lipinski definition) is 3. The summed E-state index contributed by atoms with van der Waals surface area (Å²) in [5.74, 6) is 0.0587. The summed E-state index contributed by atoms with van der Waals surface area (Å²) in [6.07, 6.45) is 1.47. The number of rotatable bonds is 4. The van der Waals surface area contributed by atoms with Crippen molar-refractivity contribution in [3.05, 3.63) is 70.0 Å². The maximum Gasteiger partial charge on any atom is 0.148 e. The Hall–Kier alpha value is -2.82. The van der Waals surface area contributed by atoms with Gasteiger partial charge in [0.2, 0.25) is 0 Å². The van der Waals surface area contributed by atoms with Crippen LogP contribution in [0.5, 0.6) is 5.75 Å². The normalized spacial score (nSPS) is 9.45. The lowest BCUT2D eigenvalue weighted by atomic mass is 10.1. The van der Waals surface area contributed by atoms with E-state index in [1.165, 1.54) is 12.1 Å². The number of nitriles is 2. The van der Waals surface area contributed by atoms with Gasteiger partial charge in [0.25, 0.3) is 0 Å². The molecule has 0 radical (unpaired) electrons. The van der Waals surface area contributed by atoms with Crippen LogP contribution in [0.4, 0.5) is 4.39 Å². The van der Waals surface area contributed by atoms with Crippen LogP contribution in [0, 0.1) is 28.5 Å². The van der Waals surface area contributed by atoms with E-state index in [1.807, 2.05) is 0 Å². The van der Waals surface area contributed by atoms with E-state index in [9.17, 15) is 4.39 Å². The monoisotopic (exact) mass is 312 g/mol. The summed E-state index contributed by atoms with van der Waals surface area (Å²) in [4.78, 5) is 0. The maximum atomic E-state index is 13.7. The van der Waals surface area contributed by atoms with Crippen molar-refractivity contribution in [2.45, 2.75) is 6.61 Å². The largest absolute Gasteiger partial charge is 0.489 e. The van der Waals surface area contributed by atoms with Crippen molar-refractivity contribution < 1.29 is 9.13 Å². The first-order valence-corrected chi connectivity index (χ1v) is 6.69. The molecule has 0 unspecified atom stereocenters. The van der Waals surface area contributed by atoms with Gasteiger partial charge in [-0.15, -0.1) is 0 Å². The first-order chi connectivity index (χ1) is 10.6. The van der Waals surface area contributed by atoms with Gasteiger partial charge in [-0.2, -0.15) is 10.5 Å². The van der Waals surface area contributed by atoms with Gasteiger partial charge < -0.3 is 4.74 Å². The maximum absolute atomic E-state index is 13.7. The van der Waals surface area contributed by atoms with E-state index in [1.54, 1.807) is 48.5 Å². The fourth-order valence-electron chi connectivity index (χ4n) is 1.74. The van der Waals surface area contributed by atoms with E-state index in [0.717, 1.165) is 0 Å². The van der Waals surface area contributed by atoms with Gasteiger partial charge in [-0.05, 0) is 29.8 Å². The zero-order valence-corrected chi connectivity index (χ0v) is 12.1. The minimum absolute atomic E-state index is 0.0228. The molecule has 2 aromatic carbocycles. The average molecular weight is 313 g/mol. The molecule has 0 heterocycles. The molecule has 22 heavy (non-hydrogen) atoms. The lowest BCUT2D eigenvalue weighted by molar-refractivity contribution is 0.300. The van der Waals surface area contributed by atoms with Crippen molar-refractivity contribution in [1.29, 1.82) is 10.5 Å². The number of benzene rings is 2. The third-order valence-electron chi connectivity index (χ3n) is 2.86. The zero-order valence-electron chi connectivity index (χ0n) is 11.4. The molecule has 0 saturated carbocycles. The molecule has 3 nitrogen and oxygen atoms in total. The van der Waals surface area contributed by atoms with Crippen LogP contribution < -0.4 is 4.74 Å². The molecule has 0 N–H and O–H groups in total. The van der Waals surface area contributed by atoms with Crippen molar-refractivity contribution in [2.24, 2.45) is 0 Å². The van der Waals surface area contributed by atoms with Crippen molar-refractivity contribution in [3.63, 3.8) is 0 Å². The molecule has 0 atom stereocenters. The summed E-state index contributed by atoms with van der Waals surface area (Å²) in [5.41, 5.74) is 1.10. The SMILES string of the molecule is N#CC(C#N)=Cc1ccc(OCc2cccc(Cl)c2F)cc1. The molecule has 5 heteroatoms. The highest BCUT2D eigenvalue weighted by atomic mass is 35.5. The molecule has 2 rings (SSSR count). The van der Waals surface area contributed by atoms with E-state index in [2.05, 4.69) is 0 Å². The minimum atomic E-state index is -0.489. The van der Waals surface area contributed by atoms with Gasteiger partial charge in [0.15, 0.2) is 0 Å². The second-order valence-electron chi connectivity index (χ2n) is 4.35. The molecule has 108 valence electrons. The molecular weight excluding hydrogens is 303 g/mol. The van der Waals surface area contributed by atoms with Crippen LogP contribution in [0.15, 0.2) is 48.0 Å². The Bertz CT molecular complexity index is 770. The van der Waals surface area contributed by atoms with Gasteiger partial charge in [0.1, 0.15) is 35.9 Å². The second kappa shape index (κ2) is 7.26. The molecule has 0 aromatic heterocycles. The van der Waals surface area contributed by atoms with Crippen molar-refractivity contribution in [3.8, 4) is 17.9 Å². The molecule has 0 amide bonds. The topological polar surface area (TPSA) is 56.8 Å². The molecule has 0 bridgehead atoms. The molecule has 0 fully saturated rings. The summed E-state index contributed by atoms with van der Waals surface area (Å²) >= 11 is 5.70. The third kappa shape index (κ3) is 3.85. The number of hydrogen-bond donors (Lipinski definition) is 0. The summed E-state index contributed by atoms with van der Waals surface area (Å²) in [5, 5.41) is 17.4. The number of allylic oxidation sites excluding steroid dienone is 1. The third-order valence-corrected chi connectivity index (χ3v) is 3.15. The van der Waals surface area contributed by atoms with Crippen molar-refractivity contribution >= 4 is 17.7 Å². The zero-order chi connectivity index (χ0) is 15.9. The summed E-state index contributed by atoms with van der Waals surface area (Å²) in [7, 11) is 0. The molecule has 2 aromatic rings. The highest BCUT2D eigenvalue weighted by Crippen LogP contribution is 2.20. The molecule has 0 spiro atoms. The second-order valence-corrected chi connectivity index (χ2v) is 4.76. The summed E-state index contributed by atoms with van der Waals surface area (Å²) in [6.45, 7) is 0.0588. The fraction of sp³-hybridized carbons (Fsp3) is 0.0588. The number of nitrogens with zero attached hydrogens (tertiary/aromatic N) is 2. The van der Waals surface area contributed by atoms with Crippen LogP contribution in [0.1, 0.15) is 11.1 Å². The molecule has 0 aliphatic heterocycles. The fourth-order valence-corrected chi connectivity index (χ4v) is 1.93. The summed E-state index contributed by atoms with van der Waals surface area (Å²) < 4.78 is 19.2. The van der Waals surface area contributed by atoms with E-state index in [4.69, 9.17) is 26.9 Å². The van der Waals surface area contributed by atoms with Crippen molar-refractivity contribution in [1.82, 2.24) is 0 Å². The minimum Gasteiger partial charge on any atom is -0.489 e. The Balaban J connectivity index is 2.07. The predicted molar refractivity (Wildman–Crippen MR) is 81.4 cm³/mol.